The van der Waals surface area contributed by atoms with Crippen molar-refractivity contribution in [3.8, 4) is 0 Å². The SMILES string of the molecule is CN1C(=O)Cc2cc(C3CCCC3)ccc2C1=O. The molecule has 94 valence electrons. The maximum atomic E-state index is 12.0. The summed E-state index contributed by atoms with van der Waals surface area (Å²) in [6.07, 6.45) is 5.42. The van der Waals surface area contributed by atoms with Gasteiger partial charge >= 0.3 is 0 Å². The molecule has 0 saturated heterocycles. The van der Waals surface area contributed by atoms with Gasteiger partial charge in [-0.2, -0.15) is 0 Å². The van der Waals surface area contributed by atoms with Gasteiger partial charge in [0.05, 0.1) is 6.42 Å². The molecule has 0 unspecified atom stereocenters. The van der Waals surface area contributed by atoms with Crippen LogP contribution in [0.4, 0.5) is 0 Å². The van der Waals surface area contributed by atoms with Gasteiger partial charge in [-0.3, -0.25) is 14.5 Å². The number of amides is 2. The molecule has 2 amide bonds. The normalized spacial score (nSPS) is 20.4. The molecule has 0 atom stereocenters. The Hall–Kier alpha value is -1.64. The molecule has 1 saturated carbocycles. The molecule has 2 aliphatic rings. The molecular weight excluding hydrogens is 226 g/mol. The van der Waals surface area contributed by atoms with E-state index >= 15 is 0 Å². The first kappa shape index (κ1) is 11.5. The average Bonchev–Trinajstić information content (AvgIpc) is 2.89. The van der Waals surface area contributed by atoms with Crippen molar-refractivity contribution in [2.75, 3.05) is 7.05 Å². The third-order valence-corrected chi connectivity index (χ3v) is 4.21. The van der Waals surface area contributed by atoms with Crippen molar-refractivity contribution in [2.24, 2.45) is 0 Å². The summed E-state index contributed by atoms with van der Waals surface area (Å²) in [6, 6.07) is 6.04. The molecule has 1 aromatic rings. The summed E-state index contributed by atoms with van der Waals surface area (Å²) in [5.41, 5.74) is 2.91. The maximum Gasteiger partial charge on any atom is 0.260 e. The molecule has 0 bridgehead atoms. The van der Waals surface area contributed by atoms with Crippen LogP contribution in [0, 0.1) is 0 Å². The maximum absolute atomic E-state index is 12.0. The molecular formula is C15H17NO2. The number of hydrogen-bond acceptors (Lipinski definition) is 2. The standard InChI is InChI=1S/C15H17NO2/c1-16-14(17)9-12-8-11(10-4-2-3-5-10)6-7-13(12)15(16)18/h6-8,10H,2-5,9H2,1H3. The number of imide groups is 1. The number of nitrogens with zero attached hydrogens (tertiary/aromatic N) is 1. The third kappa shape index (κ3) is 1.74. The van der Waals surface area contributed by atoms with Crippen molar-refractivity contribution in [2.45, 2.75) is 38.0 Å². The van der Waals surface area contributed by atoms with Gasteiger partial charge in [-0.05, 0) is 36.0 Å². The van der Waals surface area contributed by atoms with Gasteiger partial charge in [0.25, 0.3) is 5.91 Å². The van der Waals surface area contributed by atoms with Crippen molar-refractivity contribution < 1.29 is 9.59 Å². The van der Waals surface area contributed by atoms with E-state index in [1.54, 1.807) is 7.05 Å². The van der Waals surface area contributed by atoms with Crippen molar-refractivity contribution in [1.29, 1.82) is 0 Å². The summed E-state index contributed by atoms with van der Waals surface area (Å²) in [6.45, 7) is 0. The summed E-state index contributed by atoms with van der Waals surface area (Å²) in [5.74, 6) is 0.357. The Kier molecular flexibility index (Phi) is 2.69. The number of benzene rings is 1. The van der Waals surface area contributed by atoms with Gasteiger partial charge in [0.15, 0.2) is 0 Å². The predicted octanol–water partition coefficient (Wildman–Crippen LogP) is 2.50. The molecule has 1 fully saturated rings. The van der Waals surface area contributed by atoms with Crippen LogP contribution in [0.3, 0.4) is 0 Å². The van der Waals surface area contributed by atoms with E-state index in [-0.39, 0.29) is 11.8 Å². The summed E-state index contributed by atoms with van der Waals surface area (Å²) < 4.78 is 0. The highest BCUT2D eigenvalue weighted by atomic mass is 16.2. The summed E-state index contributed by atoms with van der Waals surface area (Å²) in [4.78, 5) is 24.9. The second-order valence-electron chi connectivity index (χ2n) is 5.33. The van der Waals surface area contributed by atoms with Crippen molar-refractivity contribution in [3.05, 3.63) is 34.9 Å². The van der Waals surface area contributed by atoms with Crippen molar-refractivity contribution in [1.82, 2.24) is 4.90 Å². The molecule has 3 rings (SSSR count). The fraction of sp³-hybridized carbons (Fsp3) is 0.467. The zero-order valence-electron chi connectivity index (χ0n) is 10.6. The molecule has 1 heterocycles. The molecule has 18 heavy (non-hydrogen) atoms. The van der Waals surface area contributed by atoms with E-state index in [1.165, 1.54) is 36.1 Å². The monoisotopic (exact) mass is 243 g/mol. The minimum absolute atomic E-state index is 0.101. The second kappa shape index (κ2) is 4.23. The largest absolute Gasteiger partial charge is 0.281 e. The zero-order chi connectivity index (χ0) is 12.7. The van der Waals surface area contributed by atoms with Crippen molar-refractivity contribution in [3.63, 3.8) is 0 Å². The molecule has 1 aliphatic carbocycles. The van der Waals surface area contributed by atoms with E-state index in [1.807, 2.05) is 6.07 Å². The first-order valence-corrected chi connectivity index (χ1v) is 6.60. The lowest BCUT2D eigenvalue weighted by Gasteiger charge is -2.24. The van der Waals surface area contributed by atoms with Crippen LogP contribution in [0.25, 0.3) is 0 Å². The second-order valence-corrected chi connectivity index (χ2v) is 5.33. The molecule has 1 aromatic carbocycles. The number of likely N-dealkylation sites (N-methyl/N-ethyl adjacent to an activating group) is 1. The molecule has 0 N–H and O–H groups in total. The summed E-state index contributed by atoms with van der Waals surface area (Å²) >= 11 is 0. The van der Waals surface area contributed by atoms with E-state index in [2.05, 4.69) is 12.1 Å². The van der Waals surface area contributed by atoms with Gasteiger partial charge in [-0.15, -0.1) is 0 Å². The average molecular weight is 243 g/mol. The molecule has 0 aromatic heterocycles. The highest BCUT2D eigenvalue weighted by molar-refractivity contribution is 6.09. The van der Waals surface area contributed by atoms with Crippen LogP contribution >= 0.6 is 0 Å². The zero-order valence-corrected chi connectivity index (χ0v) is 10.6. The van der Waals surface area contributed by atoms with Gasteiger partial charge in [-0.1, -0.05) is 25.0 Å². The van der Waals surface area contributed by atoms with Crippen molar-refractivity contribution >= 4 is 11.8 Å². The predicted molar refractivity (Wildman–Crippen MR) is 68.5 cm³/mol. The molecule has 1 aliphatic heterocycles. The van der Waals surface area contributed by atoms with Crippen LogP contribution in [-0.2, 0) is 11.2 Å². The van der Waals surface area contributed by atoms with Gasteiger partial charge < -0.3 is 0 Å². The number of hydrogen-bond donors (Lipinski definition) is 0. The minimum atomic E-state index is -0.167. The Balaban J connectivity index is 1.98. The lowest BCUT2D eigenvalue weighted by atomic mass is 9.90. The number of rotatable bonds is 1. The summed E-state index contributed by atoms with van der Waals surface area (Å²) in [5, 5.41) is 0. The molecule has 0 spiro atoms. The first-order valence-electron chi connectivity index (χ1n) is 6.60. The first-order chi connectivity index (χ1) is 8.66. The van der Waals surface area contributed by atoms with E-state index < -0.39 is 0 Å². The van der Waals surface area contributed by atoms with Crippen LogP contribution < -0.4 is 0 Å². The molecule has 3 heteroatoms. The van der Waals surface area contributed by atoms with E-state index in [0.29, 0.717) is 17.9 Å². The third-order valence-electron chi connectivity index (χ3n) is 4.21. The molecule has 3 nitrogen and oxygen atoms in total. The van der Waals surface area contributed by atoms with Crippen LogP contribution in [0.5, 0.6) is 0 Å². The van der Waals surface area contributed by atoms with Gasteiger partial charge in [0.2, 0.25) is 5.91 Å². The Labute approximate surface area is 107 Å². The molecule has 0 radical (unpaired) electrons. The van der Waals surface area contributed by atoms with Gasteiger partial charge in [-0.25, -0.2) is 0 Å². The van der Waals surface area contributed by atoms with Gasteiger partial charge in [0.1, 0.15) is 0 Å². The highest BCUT2D eigenvalue weighted by Gasteiger charge is 2.28. The lowest BCUT2D eigenvalue weighted by Crippen LogP contribution is -2.39. The van der Waals surface area contributed by atoms with E-state index in [9.17, 15) is 9.59 Å². The number of carbonyl (C=O) groups excluding carboxylic acids is 2. The lowest BCUT2D eigenvalue weighted by molar-refractivity contribution is -0.127. The van der Waals surface area contributed by atoms with E-state index in [0.717, 1.165) is 5.56 Å². The van der Waals surface area contributed by atoms with E-state index in [4.69, 9.17) is 0 Å². The fourth-order valence-electron chi connectivity index (χ4n) is 3.06. The Morgan fingerprint density at radius 1 is 1.17 bits per heavy atom. The highest BCUT2D eigenvalue weighted by Crippen LogP contribution is 2.35. The number of fused-ring (bicyclic) bond motifs is 1. The Morgan fingerprint density at radius 2 is 1.89 bits per heavy atom. The van der Waals surface area contributed by atoms with Crippen LogP contribution in [-0.4, -0.2) is 23.8 Å². The Bertz CT molecular complexity index is 515. The smallest absolute Gasteiger partial charge is 0.260 e. The minimum Gasteiger partial charge on any atom is -0.281 e. The van der Waals surface area contributed by atoms with Crippen LogP contribution in [0.2, 0.25) is 0 Å². The van der Waals surface area contributed by atoms with Gasteiger partial charge in [0, 0.05) is 12.6 Å². The quantitative estimate of drug-likeness (QED) is 0.711. The Morgan fingerprint density at radius 3 is 2.61 bits per heavy atom. The van der Waals surface area contributed by atoms with Crippen LogP contribution in [0.1, 0.15) is 53.1 Å². The summed E-state index contributed by atoms with van der Waals surface area (Å²) in [7, 11) is 1.55. The van der Waals surface area contributed by atoms with Crippen LogP contribution in [0.15, 0.2) is 18.2 Å². The topological polar surface area (TPSA) is 37.4 Å². The fourth-order valence-corrected chi connectivity index (χ4v) is 3.06. The number of carbonyl (C=O) groups is 2.